The molecule has 0 aromatic heterocycles. The molecule has 5 heteroatoms. The lowest BCUT2D eigenvalue weighted by Crippen LogP contribution is -2.42. The predicted molar refractivity (Wildman–Crippen MR) is 115 cm³/mol. The number of halogens is 2. The number of hydrogen-bond acceptors (Lipinski definition) is 2. The van der Waals surface area contributed by atoms with Crippen LogP contribution in [0, 0.1) is 5.92 Å². The fourth-order valence-corrected chi connectivity index (χ4v) is 4.54. The van der Waals surface area contributed by atoms with Crippen molar-refractivity contribution in [1.29, 1.82) is 0 Å². The van der Waals surface area contributed by atoms with Gasteiger partial charge in [-0.1, -0.05) is 40.2 Å². The Hall–Kier alpha value is -1.26. The number of rotatable bonds is 1. The SMILES string of the molecule is C=C1CC(C2CCN(C(=O)OC(C)(C)C)CC2)c2ccc(Cl)cc2C=C1Br. The van der Waals surface area contributed by atoms with E-state index in [4.69, 9.17) is 16.3 Å². The highest BCUT2D eigenvalue weighted by molar-refractivity contribution is 9.12. The third-order valence-electron chi connectivity index (χ3n) is 5.29. The van der Waals surface area contributed by atoms with Gasteiger partial charge in [-0.15, -0.1) is 0 Å². The lowest BCUT2D eigenvalue weighted by molar-refractivity contribution is 0.0174. The summed E-state index contributed by atoms with van der Waals surface area (Å²) in [5.41, 5.74) is 3.14. The second-order valence-corrected chi connectivity index (χ2v) is 9.78. The molecule has 3 rings (SSSR count). The number of carbonyl (C=O) groups is 1. The van der Waals surface area contributed by atoms with E-state index >= 15 is 0 Å². The van der Waals surface area contributed by atoms with E-state index in [1.54, 1.807) is 0 Å². The molecular formula is C22H27BrClNO2. The number of piperidine rings is 1. The molecule has 146 valence electrons. The van der Waals surface area contributed by atoms with Crippen molar-refractivity contribution in [2.45, 2.75) is 51.6 Å². The number of hydrogen-bond donors (Lipinski definition) is 0. The van der Waals surface area contributed by atoms with Crippen LogP contribution in [0.25, 0.3) is 6.08 Å². The number of likely N-dealkylation sites (tertiary alicyclic amines) is 1. The van der Waals surface area contributed by atoms with Crippen molar-refractivity contribution >= 4 is 39.7 Å². The van der Waals surface area contributed by atoms with Crippen LogP contribution in [0.15, 0.2) is 34.8 Å². The predicted octanol–water partition coefficient (Wildman–Crippen LogP) is 6.77. The van der Waals surface area contributed by atoms with E-state index in [0.717, 1.165) is 53.0 Å². The van der Waals surface area contributed by atoms with Crippen molar-refractivity contribution in [2.24, 2.45) is 5.92 Å². The van der Waals surface area contributed by atoms with Crippen molar-refractivity contribution in [1.82, 2.24) is 4.90 Å². The fourth-order valence-electron chi connectivity index (χ4n) is 3.95. The van der Waals surface area contributed by atoms with E-state index in [1.807, 2.05) is 37.8 Å². The van der Waals surface area contributed by atoms with Crippen LogP contribution in [-0.4, -0.2) is 29.7 Å². The van der Waals surface area contributed by atoms with Gasteiger partial charge in [-0.2, -0.15) is 0 Å². The number of allylic oxidation sites excluding steroid dienone is 2. The number of nitrogens with zero attached hydrogens (tertiary/aromatic N) is 1. The van der Waals surface area contributed by atoms with Gasteiger partial charge in [0.15, 0.2) is 0 Å². The summed E-state index contributed by atoms with van der Waals surface area (Å²) in [7, 11) is 0. The number of benzene rings is 1. The van der Waals surface area contributed by atoms with Crippen LogP contribution in [-0.2, 0) is 4.74 Å². The average molecular weight is 453 g/mol. The van der Waals surface area contributed by atoms with E-state index < -0.39 is 5.60 Å². The first-order chi connectivity index (χ1) is 12.6. The van der Waals surface area contributed by atoms with Gasteiger partial charge in [0.05, 0.1) is 0 Å². The quantitative estimate of drug-likeness (QED) is 0.471. The molecule has 1 saturated heterocycles. The second kappa shape index (κ2) is 8.00. The molecule has 0 bridgehead atoms. The molecule has 0 radical (unpaired) electrons. The van der Waals surface area contributed by atoms with Gasteiger partial charge in [-0.3, -0.25) is 0 Å². The number of carbonyl (C=O) groups excluding carboxylic acids is 1. The van der Waals surface area contributed by atoms with E-state index in [2.05, 4.69) is 34.7 Å². The molecule has 27 heavy (non-hydrogen) atoms. The summed E-state index contributed by atoms with van der Waals surface area (Å²) in [4.78, 5) is 14.2. The van der Waals surface area contributed by atoms with E-state index in [0.29, 0.717) is 11.8 Å². The third-order valence-corrected chi connectivity index (χ3v) is 6.32. The van der Waals surface area contributed by atoms with Crippen molar-refractivity contribution in [2.75, 3.05) is 13.1 Å². The molecule has 0 saturated carbocycles. The van der Waals surface area contributed by atoms with Gasteiger partial charge in [0.25, 0.3) is 0 Å². The largest absolute Gasteiger partial charge is 0.444 e. The molecule has 1 aliphatic carbocycles. The van der Waals surface area contributed by atoms with Crippen molar-refractivity contribution in [3.8, 4) is 0 Å². The normalized spacial score (nSPS) is 21.4. The van der Waals surface area contributed by atoms with Gasteiger partial charge in [-0.05, 0) is 86.8 Å². The van der Waals surface area contributed by atoms with E-state index in [1.165, 1.54) is 5.56 Å². The first kappa shape index (κ1) is 20.5. The van der Waals surface area contributed by atoms with Gasteiger partial charge in [0.2, 0.25) is 0 Å². The molecule has 1 aliphatic heterocycles. The molecule has 1 atom stereocenters. The summed E-state index contributed by atoms with van der Waals surface area (Å²) in [6.07, 6.45) is 4.78. The van der Waals surface area contributed by atoms with Crippen LogP contribution in [0.3, 0.4) is 0 Å². The topological polar surface area (TPSA) is 29.5 Å². The van der Waals surface area contributed by atoms with Crippen LogP contribution in [0.1, 0.15) is 57.1 Å². The zero-order valence-corrected chi connectivity index (χ0v) is 18.6. The molecule has 2 aliphatic rings. The van der Waals surface area contributed by atoms with Crippen LogP contribution >= 0.6 is 27.5 Å². The highest BCUT2D eigenvalue weighted by Gasteiger charge is 2.33. The average Bonchev–Trinajstić information content (AvgIpc) is 2.70. The van der Waals surface area contributed by atoms with Crippen molar-refractivity contribution < 1.29 is 9.53 Å². The molecule has 1 fully saturated rings. The highest BCUT2D eigenvalue weighted by atomic mass is 79.9. The number of ether oxygens (including phenoxy) is 1. The zero-order chi connectivity index (χ0) is 19.8. The van der Waals surface area contributed by atoms with E-state index in [-0.39, 0.29) is 6.09 Å². The van der Waals surface area contributed by atoms with Crippen molar-refractivity contribution in [3.05, 3.63) is 51.0 Å². The second-order valence-electron chi connectivity index (χ2n) is 8.48. The zero-order valence-electron chi connectivity index (χ0n) is 16.2. The monoisotopic (exact) mass is 451 g/mol. The Balaban J connectivity index is 1.75. The molecule has 1 amide bonds. The number of amides is 1. The maximum absolute atomic E-state index is 12.3. The third kappa shape index (κ3) is 4.97. The Kier molecular flexibility index (Phi) is 6.07. The smallest absolute Gasteiger partial charge is 0.410 e. The summed E-state index contributed by atoms with van der Waals surface area (Å²) < 4.78 is 6.56. The minimum Gasteiger partial charge on any atom is -0.444 e. The summed E-state index contributed by atoms with van der Waals surface area (Å²) >= 11 is 9.88. The molecule has 1 unspecified atom stereocenters. The minimum absolute atomic E-state index is 0.206. The maximum Gasteiger partial charge on any atom is 0.410 e. The highest BCUT2D eigenvalue weighted by Crippen LogP contribution is 2.44. The van der Waals surface area contributed by atoms with Crippen LogP contribution in [0.5, 0.6) is 0 Å². The van der Waals surface area contributed by atoms with Crippen LogP contribution in [0.4, 0.5) is 4.79 Å². The summed E-state index contributed by atoms with van der Waals surface area (Å²) in [5, 5.41) is 0.747. The maximum atomic E-state index is 12.3. The van der Waals surface area contributed by atoms with Gasteiger partial charge in [0, 0.05) is 22.6 Å². The molecule has 1 aromatic carbocycles. The Labute approximate surface area is 175 Å². The summed E-state index contributed by atoms with van der Waals surface area (Å²) in [6.45, 7) is 11.4. The standard InChI is InChI=1S/C22H27BrClNO2/c1-14-11-19(18-6-5-17(24)12-16(18)13-20(14)23)15-7-9-25(10-8-15)21(26)27-22(2,3)4/h5-6,12-13,15,19H,1,7-11H2,2-4H3. The molecule has 1 heterocycles. The van der Waals surface area contributed by atoms with Crippen molar-refractivity contribution in [3.63, 3.8) is 0 Å². The van der Waals surface area contributed by atoms with Crippen LogP contribution < -0.4 is 0 Å². The van der Waals surface area contributed by atoms with Crippen LogP contribution in [0.2, 0.25) is 5.02 Å². The van der Waals surface area contributed by atoms with Gasteiger partial charge in [0.1, 0.15) is 5.60 Å². The molecule has 3 nitrogen and oxygen atoms in total. The molecular weight excluding hydrogens is 426 g/mol. The lowest BCUT2D eigenvalue weighted by Gasteiger charge is -2.37. The minimum atomic E-state index is -0.455. The first-order valence-corrected chi connectivity index (χ1v) is 10.6. The van der Waals surface area contributed by atoms with E-state index in [9.17, 15) is 4.79 Å². The molecule has 0 spiro atoms. The van der Waals surface area contributed by atoms with Gasteiger partial charge < -0.3 is 9.64 Å². The fraction of sp³-hybridized carbons (Fsp3) is 0.500. The Bertz CT molecular complexity index is 773. The Morgan fingerprint density at radius 1 is 1.30 bits per heavy atom. The lowest BCUT2D eigenvalue weighted by atomic mass is 9.76. The Morgan fingerprint density at radius 2 is 1.96 bits per heavy atom. The number of fused-ring (bicyclic) bond motifs is 1. The Morgan fingerprint density at radius 3 is 2.59 bits per heavy atom. The van der Waals surface area contributed by atoms with Gasteiger partial charge >= 0.3 is 6.09 Å². The summed E-state index contributed by atoms with van der Waals surface area (Å²) in [5.74, 6) is 0.893. The molecule has 0 N–H and O–H groups in total. The van der Waals surface area contributed by atoms with Gasteiger partial charge in [-0.25, -0.2) is 4.79 Å². The molecule has 1 aromatic rings. The summed E-state index contributed by atoms with van der Waals surface area (Å²) in [6, 6.07) is 6.15. The first-order valence-electron chi connectivity index (χ1n) is 9.47.